The van der Waals surface area contributed by atoms with E-state index < -0.39 is 5.82 Å². The van der Waals surface area contributed by atoms with E-state index in [1.165, 1.54) is 18.7 Å². The van der Waals surface area contributed by atoms with Gasteiger partial charge in [-0.25, -0.2) is 4.39 Å². The van der Waals surface area contributed by atoms with Crippen LogP contribution in [0.2, 0.25) is 0 Å². The molecule has 1 heterocycles. The molecule has 30 heavy (non-hydrogen) atoms. The Morgan fingerprint density at radius 3 is 2.27 bits per heavy atom. The van der Waals surface area contributed by atoms with Crippen molar-refractivity contribution in [2.75, 3.05) is 14.2 Å². The highest BCUT2D eigenvalue weighted by molar-refractivity contribution is 5.95. The molecule has 1 aliphatic heterocycles. The highest BCUT2D eigenvalue weighted by Crippen LogP contribution is 2.32. The third-order valence-corrected chi connectivity index (χ3v) is 4.98. The van der Waals surface area contributed by atoms with Crippen molar-refractivity contribution in [2.45, 2.75) is 6.54 Å². The standard InChI is InChI=1S/C25H23FN2O2/c1-29-21-11-8-19(9-12-21)25-22(20-10-13-24(30-2)23(26)16-20)14-15-28(27-25)17-18-6-4-3-5-7-18/h3-16,27H,17H2,1-2H3. The molecule has 4 rings (SSSR count). The van der Waals surface area contributed by atoms with Crippen molar-refractivity contribution in [1.29, 1.82) is 0 Å². The van der Waals surface area contributed by atoms with Gasteiger partial charge in [-0.15, -0.1) is 0 Å². The van der Waals surface area contributed by atoms with E-state index in [2.05, 4.69) is 17.6 Å². The smallest absolute Gasteiger partial charge is 0.165 e. The van der Waals surface area contributed by atoms with Crippen LogP contribution in [0, 0.1) is 5.82 Å². The highest BCUT2D eigenvalue weighted by Gasteiger charge is 2.18. The molecule has 0 aliphatic carbocycles. The first-order chi connectivity index (χ1) is 14.7. The van der Waals surface area contributed by atoms with Crippen molar-refractivity contribution >= 4 is 11.3 Å². The molecule has 0 spiro atoms. The summed E-state index contributed by atoms with van der Waals surface area (Å²) < 4.78 is 24.7. The van der Waals surface area contributed by atoms with Gasteiger partial charge < -0.3 is 9.47 Å². The van der Waals surface area contributed by atoms with Gasteiger partial charge in [-0.1, -0.05) is 36.4 Å². The molecule has 0 saturated heterocycles. The monoisotopic (exact) mass is 402 g/mol. The van der Waals surface area contributed by atoms with Crippen LogP contribution in [0.15, 0.2) is 85.1 Å². The number of hydrogen-bond acceptors (Lipinski definition) is 4. The minimum absolute atomic E-state index is 0.226. The van der Waals surface area contributed by atoms with Crippen molar-refractivity contribution in [3.05, 3.63) is 108 Å². The van der Waals surface area contributed by atoms with Crippen molar-refractivity contribution in [3.63, 3.8) is 0 Å². The van der Waals surface area contributed by atoms with Crippen LogP contribution in [0.5, 0.6) is 11.5 Å². The Balaban J connectivity index is 1.72. The minimum atomic E-state index is -0.392. The maximum atomic E-state index is 14.4. The summed E-state index contributed by atoms with van der Waals surface area (Å²) in [5.41, 5.74) is 8.19. The summed E-state index contributed by atoms with van der Waals surface area (Å²) in [4.78, 5) is 0. The van der Waals surface area contributed by atoms with Crippen LogP contribution in [0.25, 0.3) is 11.3 Å². The molecule has 4 nitrogen and oxygen atoms in total. The summed E-state index contributed by atoms with van der Waals surface area (Å²) in [6, 6.07) is 23.0. The van der Waals surface area contributed by atoms with Gasteiger partial charge in [0.05, 0.1) is 26.5 Å². The fourth-order valence-electron chi connectivity index (χ4n) is 3.41. The fourth-order valence-corrected chi connectivity index (χ4v) is 3.41. The summed E-state index contributed by atoms with van der Waals surface area (Å²) >= 11 is 0. The van der Waals surface area contributed by atoms with E-state index in [1.54, 1.807) is 13.2 Å². The molecule has 0 radical (unpaired) electrons. The fraction of sp³-hybridized carbons (Fsp3) is 0.120. The normalized spacial score (nSPS) is 13.2. The second kappa shape index (κ2) is 8.74. The number of rotatable bonds is 6. The SMILES string of the molecule is COc1ccc(C2=C(c3ccc(OC)c(F)c3)C=CN(Cc3ccccc3)N2)cc1. The van der Waals surface area contributed by atoms with Crippen LogP contribution in [0.4, 0.5) is 4.39 Å². The van der Waals surface area contributed by atoms with Gasteiger partial charge in [0.1, 0.15) is 5.75 Å². The highest BCUT2D eigenvalue weighted by atomic mass is 19.1. The molecular formula is C25H23FN2O2. The van der Waals surface area contributed by atoms with Gasteiger partial charge in [-0.2, -0.15) is 0 Å². The molecule has 0 fully saturated rings. The van der Waals surface area contributed by atoms with Crippen LogP contribution in [-0.2, 0) is 6.54 Å². The van der Waals surface area contributed by atoms with Gasteiger partial charge in [0.2, 0.25) is 0 Å². The number of ether oxygens (including phenoxy) is 2. The number of benzene rings is 3. The average Bonchev–Trinajstić information content (AvgIpc) is 2.80. The molecule has 0 atom stereocenters. The zero-order chi connectivity index (χ0) is 20.9. The van der Waals surface area contributed by atoms with Crippen molar-refractivity contribution in [2.24, 2.45) is 0 Å². The first kappa shape index (κ1) is 19.6. The number of hydrazine groups is 1. The molecule has 3 aromatic carbocycles. The molecule has 3 aromatic rings. The number of hydrogen-bond donors (Lipinski definition) is 1. The summed E-state index contributed by atoms with van der Waals surface area (Å²) in [5, 5.41) is 2.01. The molecular weight excluding hydrogens is 379 g/mol. The van der Waals surface area contributed by atoms with E-state index in [4.69, 9.17) is 9.47 Å². The predicted octanol–water partition coefficient (Wildman–Crippen LogP) is 5.25. The lowest BCUT2D eigenvalue weighted by Crippen LogP contribution is -2.34. The Morgan fingerprint density at radius 2 is 1.60 bits per heavy atom. The Kier molecular flexibility index (Phi) is 5.70. The van der Waals surface area contributed by atoms with Crippen molar-refractivity contribution in [1.82, 2.24) is 10.4 Å². The van der Waals surface area contributed by atoms with Crippen molar-refractivity contribution < 1.29 is 13.9 Å². The third-order valence-electron chi connectivity index (χ3n) is 4.98. The first-order valence-corrected chi connectivity index (χ1v) is 9.66. The molecule has 1 aliphatic rings. The third kappa shape index (κ3) is 4.15. The van der Waals surface area contributed by atoms with Gasteiger partial charge in [0.15, 0.2) is 11.6 Å². The summed E-state index contributed by atoms with van der Waals surface area (Å²) in [6.45, 7) is 0.696. The lowest BCUT2D eigenvalue weighted by Gasteiger charge is -2.30. The van der Waals surface area contributed by atoms with E-state index in [9.17, 15) is 4.39 Å². The number of halogens is 1. The van der Waals surface area contributed by atoms with E-state index in [1.807, 2.05) is 65.8 Å². The lowest BCUT2D eigenvalue weighted by atomic mass is 9.98. The van der Waals surface area contributed by atoms with Gasteiger partial charge in [0.25, 0.3) is 0 Å². The maximum Gasteiger partial charge on any atom is 0.165 e. The molecule has 1 N–H and O–H groups in total. The summed E-state index contributed by atoms with van der Waals surface area (Å²) in [5.74, 6) is 0.615. The topological polar surface area (TPSA) is 33.7 Å². The summed E-state index contributed by atoms with van der Waals surface area (Å²) in [6.07, 6.45) is 3.97. The minimum Gasteiger partial charge on any atom is -0.497 e. The van der Waals surface area contributed by atoms with Gasteiger partial charge in [-0.05, 0) is 53.6 Å². The van der Waals surface area contributed by atoms with Crippen LogP contribution in [0.3, 0.4) is 0 Å². The van der Waals surface area contributed by atoms with E-state index in [0.29, 0.717) is 6.54 Å². The second-order valence-electron chi connectivity index (χ2n) is 6.91. The molecule has 0 amide bonds. The number of allylic oxidation sites excluding steroid dienone is 2. The largest absolute Gasteiger partial charge is 0.497 e. The maximum absolute atomic E-state index is 14.4. The number of nitrogens with one attached hydrogen (secondary N) is 1. The Morgan fingerprint density at radius 1 is 0.867 bits per heavy atom. The second-order valence-corrected chi connectivity index (χ2v) is 6.91. The Bertz CT molecular complexity index is 1080. The quantitative estimate of drug-likeness (QED) is 0.611. The predicted molar refractivity (Wildman–Crippen MR) is 117 cm³/mol. The van der Waals surface area contributed by atoms with Crippen molar-refractivity contribution in [3.8, 4) is 11.5 Å². The van der Waals surface area contributed by atoms with E-state index in [-0.39, 0.29) is 5.75 Å². The molecule has 0 aromatic heterocycles. The number of nitrogens with zero attached hydrogens (tertiary/aromatic N) is 1. The van der Waals surface area contributed by atoms with Crippen LogP contribution in [-0.4, -0.2) is 19.2 Å². The Hall–Kier alpha value is -3.73. The zero-order valence-electron chi connectivity index (χ0n) is 16.9. The lowest BCUT2D eigenvalue weighted by molar-refractivity contribution is 0.314. The number of methoxy groups -OCH3 is 2. The molecule has 0 saturated carbocycles. The average molecular weight is 402 g/mol. The molecule has 0 bridgehead atoms. The van der Waals surface area contributed by atoms with Gasteiger partial charge in [0, 0.05) is 17.3 Å². The first-order valence-electron chi connectivity index (χ1n) is 9.66. The van der Waals surface area contributed by atoms with Crippen LogP contribution < -0.4 is 14.9 Å². The van der Waals surface area contributed by atoms with Gasteiger partial charge >= 0.3 is 0 Å². The summed E-state index contributed by atoms with van der Waals surface area (Å²) in [7, 11) is 3.10. The van der Waals surface area contributed by atoms with Crippen LogP contribution >= 0.6 is 0 Å². The molecule has 0 unspecified atom stereocenters. The molecule has 152 valence electrons. The Labute approximate surface area is 175 Å². The van der Waals surface area contributed by atoms with Gasteiger partial charge in [-0.3, -0.25) is 10.4 Å². The zero-order valence-corrected chi connectivity index (χ0v) is 16.9. The van der Waals surface area contributed by atoms with Crippen LogP contribution in [0.1, 0.15) is 16.7 Å². The van der Waals surface area contributed by atoms with E-state index in [0.717, 1.165) is 28.1 Å². The van der Waals surface area contributed by atoms with E-state index >= 15 is 0 Å². The molecule has 5 heteroatoms.